The number of rotatable bonds is 3. The van der Waals surface area contributed by atoms with Crippen molar-refractivity contribution in [3.8, 4) is 5.75 Å². The normalized spacial score (nSPS) is 22.9. The molecular formula is C17H21NO2. The van der Waals surface area contributed by atoms with Gasteiger partial charge in [0, 0.05) is 12.1 Å². The van der Waals surface area contributed by atoms with Gasteiger partial charge >= 0.3 is 0 Å². The van der Waals surface area contributed by atoms with Crippen LogP contribution in [0.4, 0.5) is 0 Å². The summed E-state index contributed by atoms with van der Waals surface area (Å²) in [7, 11) is 0. The van der Waals surface area contributed by atoms with Crippen molar-refractivity contribution in [1.82, 2.24) is 0 Å². The Labute approximate surface area is 119 Å². The number of hydrogen-bond acceptors (Lipinski definition) is 2. The molecule has 0 N–H and O–H groups in total. The quantitative estimate of drug-likeness (QED) is 0.628. The lowest BCUT2D eigenvalue weighted by Crippen LogP contribution is -2.26. The third-order valence-corrected chi connectivity index (χ3v) is 4.41. The first-order valence-corrected chi connectivity index (χ1v) is 7.55. The van der Waals surface area contributed by atoms with Crippen molar-refractivity contribution in [2.45, 2.75) is 45.1 Å². The second kappa shape index (κ2) is 5.70. The molecule has 1 saturated carbocycles. The Morgan fingerprint density at radius 3 is 2.75 bits per heavy atom. The predicted octanol–water partition coefficient (Wildman–Crippen LogP) is 3.82. The molecule has 0 unspecified atom stereocenters. The zero-order chi connectivity index (χ0) is 13.9. The van der Waals surface area contributed by atoms with Gasteiger partial charge < -0.3 is 9.94 Å². The fourth-order valence-electron chi connectivity index (χ4n) is 3.10. The zero-order valence-electron chi connectivity index (χ0n) is 11.9. The first-order valence-electron chi connectivity index (χ1n) is 7.55. The van der Waals surface area contributed by atoms with Gasteiger partial charge in [0.15, 0.2) is 6.20 Å². The summed E-state index contributed by atoms with van der Waals surface area (Å²) in [5.74, 6) is 1.76. The first kappa shape index (κ1) is 13.2. The largest absolute Gasteiger partial charge is 0.618 e. The van der Waals surface area contributed by atoms with E-state index < -0.39 is 0 Å². The maximum atomic E-state index is 11.6. The summed E-state index contributed by atoms with van der Waals surface area (Å²) in [5.41, 5.74) is 0.689. The van der Waals surface area contributed by atoms with Crippen molar-refractivity contribution in [1.29, 1.82) is 0 Å². The second-order valence-electron chi connectivity index (χ2n) is 5.72. The molecule has 1 aliphatic rings. The lowest BCUT2D eigenvalue weighted by Gasteiger charge is -2.28. The molecule has 0 aliphatic heterocycles. The molecule has 1 fully saturated rings. The number of aromatic nitrogens is 1. The highest BCUT2D eigenvalue weighted by Crippen LogP contribution is 2.30. The van der Waals surface area contributed by atoms with Gasteiger partial charge in [-0.2, -0.15) is 4.73 Å². The number of hydrogen-bond donors (Lipinski definition) is 0. The van der Waals surface area contributed by atoms with Gasteiger partial charge in [-0.05, 0) is 49.8 Å². The van der Waals surface area contributed by atoms with Crippen LogP contribution >= 0.6 is 0 Å². The van der Waals surface area contributed by atoms with Crippen molar-refractivity contribution in [2.75, 3.05) is 0 Å². The molecule has 0 radical (unpaired) electrons. The first-order chi connectivity index (χ1) is 9.76. The SMILES string of the molecule is CCC1CCC(Oc2ccc3c(ccc[n+]3[O-])c2)CC1. The maximum Gasteiger partial charge on any atom is 0.223 e. The number of fused-ring (bicyclic) bond motifs is 1. The van der Waals surface area contributed by atoms with Crippen LogP contribution in [0.3, 0.4) is 0 Å². The van der Waals surface area contributed by atoms with E-state index >= 15 is 0 Å². The van der Waals surface area contributed by atoms with Gasteiger partial charge in [-0.1, -0.05) is 13.3 Å². The molecule has 0 spiro atoms. The van der Waals surface area contributed by atoms with Gasteiger partial charge in [-0.25, -0.2) is 0 Å². The van der Waals surface area contributed by atoms with Gasteiger partial charge in [0.25, 0.3) is 0 Å². The Bertz CT molecular complexity index is 589. The van der Waals surface area contributed by atoms with Crippen LogP contribution in [0.25, 0.3) is 10.9 Å². The Kier molecular flexibility index (Phi) is 3.77. The van der Waals surface area contributed by atoms with Crippen molar-refractivity contribution < 1.29 is 9.47 Å². The summed E-state index contributed by atoms with van der Waals surface area (Å²) < 4.78 is 6.98. The van der Waals surface area contributed by atoms with Crippen LogP contribution in [-0.4, -0.2) is 6.10 Å². The van der Waals surface area contributed by atoms with Gasteiger partial charge in [-0.3, -0.25) is 0 Å². The molecule has 1 heterocycles. The van der Waals surface area contributed by atoms with Crippen LogP contribution in [0.1, 0.15) is 39.0 Å². The van der Waals surface area contributed by atoms with Crippen molar-refractivity contribution >= 4 is 10.9 Å². The summed E-state index contributed by atoms with van der Waals surface area (Å²) in [6.07, 6.45) is 7.98. The average Bonchev–Trinajstić information content (AvgIpc) is 2.48. The standard InChI is InChI=1S/C17H21NO2/c1-2-13-5-7-15(8-6-13)20-16-9-10-17-14(12-16)4-3-11-18(17)19/h3-4,9-13,15H,2,5-8H2,1H3. The second-order valence-corrected chi connectivity index (χ2v) is 5.72. The molecular weight excluding hydrogens is 250 g/mol. The van der Waals surface area contributed by atoms with E-state index in [1.165, 1.54) is 25.5 Å². The van der Waals surface area contributed by atoms with E-state index in [4.69, 9.17) is 4.74 Å². The minimum atomic E-state index is 0.332. The van der Waals surface area contributed by atoms with Crippen LogP contribution < -0.4 is 9.47 Å². The van der Waals surface area contributed by atoms with Crippen LogP contribution in [-0.2, 0) is 0 Å². The summed E-state index contributed by atoms with van der Waals surface area (Å²) in [4.78, 5) is 0. The predicted molar refractivity (Wildman–Crippen MR) is 79.6 cm³/mol. The van der Waals surface area contributed by atoms with E-state index in [1.807, 2.05) is 24.3 Å². The monoisotopic (exact) mass is 271 g/mol. The van der Waals surface area contributed by atoms with Crippen molar-refractivity contribution in [3.63, 3.8) is 0 Å². The van der Waals surface area contributed by atoms with Crippen LogP contribution in [0.2, 0.25) is 0 Å². The van der Waals surface area contributed by atoms with E-state index in [2.05, 4.69) is 6.92 Å². The molecule has 0 amide bonds. The summed E-state index contributed by atoms with van der Waals surface area (Å²) >= 11 is 0. The molecule has 0 atom stereocenters. The van der Waals surface area contributed by atoms with Gasteiger partial charge in [0.1, 0.15) is 5.75 Å². The zero-order valence-corrected chi connectivity index (χ0v) is 11.9. The fraction of sp³-hybridized carbons (Fsp3) is 0.471. The lowest BCUT2D eigenvalue weighted by molar-refractivity contribution is -0.577. The van der Waals surface area contributed by atoms with E-state index in [1.54, 1.807) is 6.07 Å². The van der Waals surface area contributed by atoms with Crippen LogP contribution in [0.5, 0.6) is 5.75 Å². The molecule has 2 aromatic rings. The number of benzene rings is 1. The van der Waals surface area contributed by atoms with Gasteiger partial charge in [0.05, 0.1) is 11.5 Å². The molecule has 0 bridgehead atoms. The molecule has 1 aromatic heterocycles. The molecule has 3 heteroatoms. The maximum absolute atomic E-state index is 11.6. The van der Waals surface area contributed by atoms with Gasteiger partial charge in [-0.15, -0.1) is 0 Å². The van der Waals surface area contributed by atoms with E-state index in [9.17, 15) is 5.21 Å². The van der Waals surface area contributed by atoms with E-state index in [-0.39, 0.29) is 0 Å². The van der Waals surface area contributed by atoms with Crippen LogP contribution in [0, 0.1) is 11.1 Å². The Balaban J connectivity index is 1.72. The van der Waals surface area contributed by atoms with Crippen molar-refractivity contribution in [3.05, 3.63) is 41.7 Å². The third-order valence-electron chi connectivity index (χ3n) is 4.41. The minimum Gasteiger partial charge on any atom is -0.618 e. The Morgan fingerprint density at radius 2 is 2.00 bits per heavy atom. The average molecular weight is 271 g/mol. The summed E-state index contributed by atoms with van der Waals surface area (Å²) in [6, 6.07) is 9.43. The lowest BCUT2D eigenvalue weighted by atomic mass is 9.86. The fourth-order valence-corrected chi connectivity index (χ4v) is 3.10. The highest BCUT2D eigenvalue weighted by molar-refractivity contribution is 5.77. The molecule has 3 rings (SSSR count). The molecule has 1 aliphatic carbocycles. The Morgan fingerprint density at radius 1 is 1.20 bits per heavy atom. The Hall–Kier alpha value is -1.77. The molecule has 1 aromatic carbocycles. The number of ether oxygens (including phenoxy) is 1. The summed E-state index contributed by atoms with van der Waals surface area (Å²) in [5, 5.41) is 12.6. The molecule has 20 heavy (non-hydrogen) atoms. The highest BCUT2D eigenvalue weighted by Gasteiger charge is 2.21. The third kappa shape index (κ3) is 2.72. The topological polar surface area (TPSA) is 36.2 Å². The number of pyridine rings is 1. The molecule has 106 valence electrons. The van der Waals surface area contributed by atoms with E-state index in [0.717, 1.165) is 34.6 Å². The highest BCUT2D eigenvalue weighted by atomic mass is 16.5. The van der Waals surface area contributed by atoms with Gasteiger partial charge in [0.2, 0.25) is 5.52 Å². The number of nitrogens with zero attached hydrogens (tertiary/aromatic N) is 1. The molecule has 3 nitrogen and oxygen atoms in total. The molecule has 0 saturated heterocycles. The van der Waals surface area contributed by atoms with Crippen molar-refractivity contribution in [2.24, 2.45) is 5.92 Å². The minimum absolute atomic E-state index is 0.332. The smallest absolute Gasteiger partial charge is 0.223 e. The van der Waals surface area contributed by atoms with E-state index in [0.29, 0.717) is 11.6 Å². The summed E-state index contributed by atoms with van der Waals surface area (Å²) in [6.45, 7) is 2.27. The van der Waals surface area contributed by atoms with Crippen LogP contribution in [0.15, 0.2) is 36.5 Å².